The van der Waals surface area contributed by atoms with Crippen molar-refractivity contribution < 1.29 is 14.4 Å². The molecule has 1 atom stereocenters. The first-order valence-corrected chi connectivity index (χ1v) is 10.6. The Labute approximate surface area is 177 Å². The second-order valence-electron chi connectivity index (χ2n) is 7.20. The molecule has 0 bridgehead atoms. The van der Waals surface area contributed by atoms with Crippen LogP contribution in [-0.4, -0.2) is 36.2 Å². The minimum absolute atomic E-state index is 0.0242. The maximum atomic E-state index is 12.6. The maximum Gasteiger partial charge on any atom is 0.270 e. The van der Waals surface area contributed by atoms with Crippen LogP contribution in [0.5, 0.6) is 0 Å². The summed E-state index contributed by atoms with van der Waals surface area (Å²) >= 11 is 1.50. The molecule has 1 aromatic heterocycles. The van der Waals surface area contributed by atoms with Gasteiger partial charge in [-0.15, -0.1) is 11.3 Å². The van der Waals surface area contributed by atoms with E-state index in [0.29, 0.717) is 18.2 Å². The van der Waals surface area contributed by atoms with Gasteiger partial charge >= 0.3 is 0 Å². The highest BCUT2D eigenvalue weighted by Gasteiger charge is 2.18. The zero-order chi connectivity index (χ0) is 21.6. The molecule has 2 amide bonds. The predicted octanol–water partition coefficient (Wildman–Crippen LogP) is 3.41. The van der Waals surface area contributed by atoms with Crippen LogP contribution in [-0.2, 0) is 22.4 Å². The first kappa shape index (κ1) is 24.5. The standard InChI is InChI=1S/C21H29N3O2S.CH2O/c1-15(2)12-18(13-17-8-5-4-6-9-17)23-21(26)19-14-27-20(24-19)10-7-11-22-16(3)25;1-2/h4-6,8-9,14-15,18H,7,10-13H2,1-3H3,(H,22,25)(H,23,26);1H2/t18-;/m1./s1. The van der Waals surface area contributed by atoms with E-state index in [1.54, 1.807) is 0 Å². The zero-order valence-corrected chi connectivity index (χ0v) is 18.3. The van der Waals surface area contributed by atoms with E-state index in [1.165, 1.54) is 23.8 Å². The van der Waals surface area contributed by atoms with Gasteiger partial charge in [-0.1, -0.05) is 44.2 Å². The van der Waals surface area contributed by atoms with Crippen molar-refractivity contribution in [2.24, 2.45) is 5.92 Å². The summed E-state index contributed by atoms with van der Waals surface area (Å²) in [6.45, 7) is 8.47. The van der Waals surface area contributed by atoms with Crippen molar-refractivity contribution in [2.45, 2.75) is 52.5 Å². The van der Waals surface area contributed by atoms with Crippen LogP contribution in [0, 0.1) is 5.92 Å². The number of hydrogen-bond donors (Lipinski definition) is 2. The van der Waals surface area contributed by atoms with Gasteiger partial charge in [0, 0.05) is 31.3 Å². The fourth-order valence-electron chi connectivity index (χ4n) is 2.95. The molecule has 2 N–H and O–H groups in total. The van der Waals surface area contributed by atoms with Gasteiger partial charge in [0.05, 0.1) is 5.01 Å². The molecule has 0 fully saturated rings. The minimum atomic E-state index is -0.110. The summed E-state index contributed by atoms with van der Waals surface area (Å²) in [6, 6.07) is 10.3. The summed E-state index contributed by atoms with van der Waals surface area (Å²) in [4.78, 5) is 36.0. The third kappa shape index (κ3) is 9.99. The summed E-state index contributed by atoms with van der Waals surface area (Å²) in [5.41, 5.74) is 1.71. The highest BCUT2D eigenvalue weighted by Crippen LogP contribution is 2.15. The first-order chi connectivity index (χ1) is 13.9. The Morgan fingerprint density at radius 1 is 1.17 bits per heavy atom. The summed E-state index contributed by atoms with van der Waals surface area (Å²) in [5, 5.41) is 8.67. The average Bonchev–Trinajstić information content (AvgIpc) is 3.16. The number of aryl methyl sites for hydroxylation is 1. The molecule has 2 aromatic rings. The summed E-state index contributed by atoms with van der Waals surface area (Å²) in [5.74, 6) is 0.364. The van der Waals surface area contributed by atoms with Gasteiger partial charge in [-0.3, -0.25) is 9.59 Å². The molecule has 0 spiro atoms. The van der Waals surface area contributed by atoms with E-state index in [-0.39, 0.29) is 17.9 Å². The van der Waals surface area contributed by atoms with Gasteiger partial charge < -0.3 is 15.4 Å². The van der Waals surface area contributed by atoms with Crippen LogP contribution in [0.25, 0.3) is 0 Å². The van der Waals surface area contributed by atoms with Crippen LogP contribution in [0.15, 0.2) is 35.7 Å². The van der Waals surface area contributed by atoms with E-state index in [9.17, 15) is 9.59 Å². The van der Waals surface area contributed by atoms with E-state index in [4.69, 9.17) is 4.79 Å². The number of carbonyl (C=O) groups excluding carboxylic acids is 3. The van der Waals surface area contributed by atoms with Gasteiger partial charge in [0.25, 0.3) is 5.91 Å². The highest BCUT2D eigenvalue weighted by atomic mass is 32.1. The fourth-order valence-corrected chi connectivity index (χ4v) is 3.77. The highest BCUT2D eigenvalue weighted by molar-refractivity contribution is 7.09. The molecule has 6 nitrogen and oxygen atoms in total. The number of thiazole rings is 1. The molecule has 29 heavy (non-hydrogen) atoms. The summed E-state index contributed by atoms with van der Waals surface area (Å²) in [7, 11) is 0. The second kappa shape index (κ2) is 13.6. The molecule has 0 aliphatic rings. The van der Waals surface area contributed by atoms with Crippen LogP contribution in [0.3, 0.4) is 0 Å². The predicted molar refractivity (Wildman–Crippen MR) is 117 cm³/mol. The third-order valence-electron chi connectivity index (χ3n) is 4.14. The van der Waals surface area contributed by atoms with Crippen molar-refractivity contribution in [3.63, 3.8) is 0 Å². The number of carbonyl (C=O) groups is 3. The van der Waals surface area contributed by atoms with Crippen LogP contribution in [0.1, 0.15) is 54.7 Å². The van der Waals surface area contributed by atoms with Gasteiger partial charge in [-0.05, 0) is 30.7 Å². The summed E-state index contributed by atoms with van der Waals surface area (Å²) < 4.78 is 0. The maximum absolute atomic E-state index is 12.6. The minimum Gasteiger partial charge on any atom is -0.356 e. The van der Waals surface area contributed by atoms with Gasteiger partial charge in [0.1, 0.15) is 12.5 Å². The lowest BCUT2D eigenvalue weighted by Crippen LogP contribution is -2.37. The number of nitrogens with zero attached hydrogens (tertiary/aromatic N) is 1. The fraction of sp³-hybridized carbons (Fsp3) is 0.455. The molecule has 0 radical (unpaired) electrons. The topological polar surface area (TPSA) is 88.2 Å². The molecule has 0 saturated carbocycles. The Kier molecular flexibility index (Phi) is 11.5. The molecule has 158 valence electrons. The molecule has 1 heterocycles. The van der Waals surface area contributed by atoms with Crippen LogP contribution in [0.4, 0.5) is 0 Å². The van der Waals surface area contributed by atoms with Crippen molar-refractivity contribution in [2.75, 3.05) is 6.54 Å². The first-order valence-electron chi connectivity index (χ1n) is 9.76. The lowest BCUT2D eigenvalue weighted by Gasteiger charge is -2.20. The lowest BCUT2D eigenvalue weighted by atomic mass is 9.97. The van der Waals surface area contributed by atoms with E-state index >= 15 is 0 Å². The lowest BCUT2D eigenvalue weighted by molar-refractivity contribution is -0.118. The molecule has 0 unspecified atom stereocenters. The molecule has 2 rings (SSSR count). The molecule has 0 aliphatic carbocycles. The Morgan fingerprint density at radius 3 is 2.48 bits per heavy atom. The van der Waals surface area contributed by atoms with Gasteiger partial charge in [0.15, 0.2) is 0 Å². The van der Waals surface area contributed by atoms with Gasteiger partial charge in [0.2, 0.25) is 5.91 Å². The quantitative estimate of drug-likeness (QED) is 0.580. The van der Waals surface area contributed by atoms with Gasteiger partial charge in [-0.2, -0.15) is 0 Å². The largest absolute Gasteiger partial charge is 0.356 e. The van der Waals surface area contributed by atoms with Crippen molar-refractivity contribution in [1.82, 2.24) is 15.6 Å². The van der Waals surface area contributed by atoms with Crippen LogP contribution in [0.2, 0.25) is 0 Å². The second-order valence-corrected chi connectivity index (χ2v) is 8.15. The van der Waals surface area contributed by atoms with E-state index in [0.717, 1.165) is 30.7 Å². The zero-order valence-electron chi connectivity index (χ0n) is 17.4. The molecule has 7 heteroatoms. The number of rotatable bonds is 10. The van der Waals surface area contributed by atoms with Crippen LogP contribution >= 0.6 is 11.3 Å². The Hall–Kier alpha value is -2.54. The number of amides is 2. The Balaban J connectivity index is 0.00000204. The average molecular weight is 418 g/mol. The van der Waals surface area contributed by atoms with Gasteiger partial charge in [-0.25, -0.2) is 4.98 Å². The van der Waals surface area contributed by atoms with Crippen molar-refractivity contribution in [1.29, 1.82) is 0 Å². The van der Waals surface area contributed by atoms with Crippen LogP contribution < -0.4 is 10.6 Å². The van der Waals surface area contributed by atoms with E-state index < -0.39 is 0 Å². The Morgan fingerprint density at radius 2 is 1.86 bits per heavy atom. The number of benzene rings is 1. The number of nitrogens with one attached hydrogen (secondary N) is 2. The molecule has 0 aliphatic heterocycles. The smallest absolute Gasteiger partial charge is 0.270 e. The Bertz CT molecular complexity index is 747. The van der Waals surface area contributed by atoms with Crippen molar-refractivity contribution in [3.05, 3.63) is 52.0 Å². The number of hydrogen-bond acceptors (Lipinski definition) is 5. The molecular formula is C22H31N3O3S. The van der Waals surface area contributed by atoms with Crippen molar-refractivity contribution in [3.8, 4) is 0 Å². The molecule has 0 saturated heterocycles. The van der Waals surface area contributed by atoms with E-state index in [1.807, 2.05) is 30.4 Å². The number of aromatic nitrogens is 1. The normalized spacial score (nSPS) is 11.3. The summed E-state index contributed by atoms with van der Waals surface area (Å²) in [6.07, 6.45) is 3.32. The molecular weight excluding hydrogens is 386 g/mol. The third-order valence-corrected chi connectivity index (χ3v) is 5.05. The van der Waals surface area contributed by atoms with E-state index in [2.05, 4.69) is 41.6 Å². The SMILES string of the molecule is C=O.CC(=O)NCCCc1nc(C(=O)N[C@@H](Cc2ccccc2)CC(C)C)cs1. The monoisotopic (exact) mass is 417 g/mol. The molecule has 1 aromatic carbocycles. The van der Waals surface area contributed by atoms with Crippen molar-refractivity contribution >= 4 is 29.9 Å².